The maximum Gasteiger partial charge on any atom is 0.224 e. The van der Waals surface area contributed by atoms with Gasteiger partial charge in [-0.2, -0.15) is 0 Å². The summed E-state index contributed by atoms with van der Waals surface area (Å²) in [6.45, 7) is 3.70. The van der Waals surface area contributed by atoms with Crippen LogP contribution in [0.4, 0.5) is 0 Å². The molecule has 0 radical (unpaired) electrons. The van der Waals surface area contributed by atoms with Crippen LogP contribution in [-0.4, -0.2) is 55.5 Å². The van der Waals surface area contributed by atoms with E-state index < -0.39 is 0 Å². The molecule has 1 saturated heterocycles. The highest BCUT2D eigenvalue weighted by Crippen LogP contribution is 2.19. The zero-order valence-electron chi connectivity index (χ0n) is 17.2. The number of nitrogens with zero attached hydrogens (tertiary/aromatic N) is 2. The van der Waals surface area contributed by atoms with E-state index in [-0.39, 0.29) is 17.9 Å². The van der Waals surface area contributed by atoms with Crippen molar-refractivity contribution < 1.29 is 4.79 Å². The fraction of sp³-hybridized carbons (Fsp3) is 0.458. The highest BCUT2D eigenvalue weighted by molar-refractivity contribution is 5.79. The summed E-state index contributed by atoms with van der Waals surface area (Å²) in [6, 6.07) is 21.1. The normalized spacial score (nSPS) is 18.8. The molecule has 150 valence electrons. The molecule has 3 rings (SSSR count). The van der Waals surface area contributed by atoms with Gasteiger partial charge in [-0.15, -0.1) is 0 Å². The van der Waals surface area contributed by atoms with Gasteiger partial charge in [0.15, 0.2) is 0 Å². The molecule has 0 spiro atoms. The molecule has 1 aliphatic rings. The Morgan fingerprint density at radius 2 is 1.71 bits per heavy atom. The van der Waals surface area contributed by atoms with Crippen molar-refractivity contribution in [2.75, 3.05) is 33.7 Å². The molecular formula is C24H33N3O. The Morgan fingerprint density at radius 3 is 2.36 bits per heavy atom. The molecule has 28 heavy (non-hydrogen) atoms. The van der Waals surface area contributed by atoms with Crippen molar-refractivity contribution in [3.05, 3.63) is 71.8 Å². The average molecular weight is 380 g/mol. The van der Waals surface area contributed by atoms with Crippen LogP contribution in [-0.2, 0) is 17.8 Å². The third kappa shape index (κ3) is 6.47. The number of likely N-dealkylation sites (tertiary alicyclic amines) is 1. The molecule has 1 amide bonds. The number of carbonyl (C=O) groups is 1. The van der Waals surface area contributed by atoms with Crippen LogP contribution in [0.5, 0.6) is 0 Å². The first-order valence-corrected chi connectivity index (χ1v) is 10.4. The second-order valence-electron chi connectivity index (χ2n) is 8.22. The smallest absolute Gasteiger partial charge is 0.224 e. The van der Waals surface area contributed by atoms with E-state index in [9.17, 15) is 4.79 Å². The lowest BCUT2D eigenvalue weighted by atomic mass is 9.95. The molecule has 1 heterocycles. The summed E-state index contributed by atoms with van der Waals surface area (Å²) in [5, 5.41) is 3.34. The largest absolute Gasteiger partial charge is 0.351 e. The third-order valence-corrected chi connectivity index (χ3v) is 5.38. The first kappa shape index (κ1) is 20.6. The number of hydrogen-bond acceptors (Lipinski definition) is 3. The molecule has 0 aromatic heterocycles. The van der Waals surface area contributed by atoms with E-state index in [1.54, 1.807) is 0 Å². The highest BCUT2D eigenvalue weighted by atomic mass is 16.2. The van der Waals surface area contributed by atoms with E-state index in [0.717, 1.165) is 45.4 Å². The SMILES string of the molecule is CN(C)CC(Cc1ccccc1)NC(=O)C1CCCN(Cc2ccccc2)C1. The van der Waals surface area contributed by atoms with Crippen molar-refractivity contribution in [2.24, 2.45) is 5.92 Å². The van der Waals surface area contributed by atoms with Gasteiger partial charge in [-0.3, -0.25) is 9.69 Å². The van der Waals surface area contributed by atoms with Crippen LogP contribution in [0.25, 0.3) is 0 Å². The van der Waals surface area contributed by atoms with Gasteiger partial charge in [0.25, 0.3) is 0 Å². The summed E-state index contributed by atoms with van der Waals surface area (Å²) in [7, 11) is 4.12. The number of nitrogens with one attached hydrogen (secondary N) is 1. The van der Waals surface area contributed by atoms with Gasteiger partial charge < -0.3 is 10.2 Å². The Morgan fingerprint density at radius 1 is 1.07 bits per heavy atom. The topological polar surface area (TPSA) is 35.6 Å². The number of piperidine rings is 1. The number of amides is 1. The molecule has 1 N–H and O–H groups in total. The number of benzene rings is 2. The highest BCUT2D eigenvalue weighted by Gasteiger charge is 2.27. The summed E-state index contributed by atoms with van der Waals surface area (Å²) in [4.78, 5) is 17.6. The number of likely N-dealkylation sites (N-methyl/N-ethyl adjacent to an activating group) is 1. The average Bonchev–Trinajstić information content (AvgIpc) is 2.69. The molecule has 0 bridgehead atoms. The van der Waals surface area contributed by atoms with Gasteiger partial charge in [-0.25, -0.2) is 0 Å². The Bertz CT molecular complexity index is 717. The summed E-state index contributed by atoms with van der Waals surface area (Å²) in [6.07, 6.45) is 2.93. The predicted octanol–water partition coefficient (Wildman–Crippen LogP) is 3.19. The Kier molecular flexibility index (Phi) is 7.63. The van der Waals surface area contributed by atoms with Crippen molar-refractivity contribution in [3.63, 3.8) is 0 Å². The van der Waals surface area contributed by atoms with Crippen LogP contribution in [0.2, 0.25) is 0 Å². The second kappa shape index (κ2) is 10.4. The molecule has 0 saturated carbocycles. The Balaban J connectivity index is 1.57. The van der Waals surface area contributed by atoms with Gasteiger partial charge in [-0.05, 0) is 51.0 Å². The first-order valence-electron chi connectivity index (χ1n) is 10.4. The summed E-state index contributed by atoms with van der Waals surface area (Å²) in [5.74, 6) is 0.290. The molecule has 1 fully saturated rings. The Labute approximate surface area is 169 Å². The van der Waals surface area contributed by atoms with Gasteiger partial charge in [0.2, 0.25) is 5.91 Å². The quantitative estimate of drug-likeness (QED) is 0.765. The van der Waals surface area contributed by atoms with Crippen LogP contribution in [0.15, 0.2) is 60.7 Å². The minimum Gasteiger partial charge on any atom is -0.351 e. The molecular weight excluding hydrogens is 346 g/mol. The number of hydrogen-bond donors (Lipinski definition) is 1. The monoisotopic (exact) mass is 379 g/mol. The second-order valence-corrected chi connectivity index (χ2v) is 8.22. The lowest BCUT2D eigenvalue weighted by molar-refractivity contribution is -0.127. The number of carbonyl (C=O) groups excluding carboxylic acids is 1. The van der Waals surface area contributed by atoms with Crippen molar-refractivity contribution >= 4 is 5.91 Å². The third-order valence-electron chi connectivity index (χ3n) is 5.38. The van der Waals surface area contributed by atoms with Gasteiger partial charge in [0, 0.05) is 25.7 Å². The summed E-state index contributed by atoms with van der Waals surface area (Å²) < 4.78 is 0. The predicted molar refractivity (Wildman–Crippen MR) is 115 cm³/mol. The van der Waals surface area contributed by atoms with Crippen molar-refractivity contribution in [1.29, 1.82) is 0 Å². The molecule has 0 aliphatic carbocycles. The minimum absolute atomic E-state index is 0.0814. The van der Waals surface area contributed by atoms with Crippen LogP contribution in [0, 0.1) is 5.92 Å². The van der Waals surface area contributed by atoms with Crippen LogP contribution in [0.3, 0.4) is 0 Å². The van der Waals surface area contributed by atoms with Gasteiger partial charge in [-0.1, -0.05) is 60.7 Å². The van der Waals surface area contributed by atoms with Gasteiger partial charge >= 0.3 is 0 Å². The molecule has 4 heteroatoms. The zero-order valence-corrected chi connectivity index (χ0v) is 17.2. The van der Waals surface area contributed by atoms with E-state index in [2.05, 4.69) is 77.7 Å². The zero-order chi connectivity index (χ0) is 19.8. The van der Waals surface area contributed by atoms with Crippen LogP contribution in [0.1, 0.15) is 24.0 Å². The molecule has 2 unspecified atom stereocenters. The molecule has 4 nitrogen and oxygen atoms in total. The standard InChI is InChI=1S/C24H33N3O/c1-26(2)19-23(16-20-10-5-3-6-11-20)25-24(28)22-14-9-15-27(18-22)17-21-12-7-4-8-13-21/h3-8,10-13,22-23H,9,14-19H2,1-2H3,(H,25,28). The van der Waals surface area contributed by atoms with Crippen molar-refractivity contribution in [3.8, 4) is 0 Å². The lowest BCUT2D eigenvalue weighted by Gasteiger charge is -2.33. The fourth-order valence-corrected chi connectivity index (χ4v) is 4.07. The fourth-order valence-electron chi connectivity index (χ4n) is 4.07. The minimum atomic E-state index is 0.0814. The van der Waals surface area contributed by atoms with E-state index in [1.165, 1.54) is 11.1 Å². The maximum absolute atomic E-state index is 13.0. The summed E-state index contributed by atoms with van der Waals surface area (Å²) in [5.41, 5.74) is 2.59. The van der Waals surface area contributed by atoms with Crippen molar-refractivity contribution in [2.45, 2.75) is 31.8 Å². The summed E-state index contributed by atoms with van der Waals surface area (Å²) >= 11 is 0. The van der Waals surface area contributed by atoms with E-state index >= 15 is 0 Å². The number of rotatable bonds is 8. The van der Waals surface area contributed by atoms with E-state index in [0.29, 0.717) is 0 Å². The van der Waals surface area contributed by atoms with E-state index in [1.807, 2.05) is 12.1 Å². The van der Waals surface area contributed by atoms with Gasteiger partial charge in [0.05, 0.1) is 5.92 Å². The Hall–Kier alpha value is -2.17. The molecule has 2 aromatic rings. The first-order chi connectivity index (χ1) is 13.6. The lowest BCUT2D eigenvalue weighted by Crippen LogP contribution is -2.49. The van der Waals surface area contributed by atoms with Crippen LogP contribution < -0.4 is 5.32 Å². The van der Waals surface area contributed by atoms with Crippen molar-refractivity contribution in [1.82, 2.24) is 15.1 Å². The maximum atomic E-state index is 13.0. The van der Waals surface area contributed by atoms with E-state index in [4.69, 9.17) is 0 Å². The molecule has 2 atom stereocenters. The van der Waals surface area contributed by atoms with Gasteiger partial charge in [0.1, 0.15) is 0 Å². The molecule has 1 aliphatic heterocycles. The van der Waals surface area contributed by atoms with Crippen LogP contribution >= 0.6 is 0 Å². The molecule has 2 aromatic carbocycles.